The largest absolute Gasteiger partial charge is 0.465 e. The van der Waals surface area contributed by atoms with Crippen LogP contribution in [0.15, 0.2) is 24.3 Å². The zero-order valence-electron chi connectivity index (χ0n) is 9.48. The first-order valence-corrected chi connectivity index (χ1v) is 5.74. The highest BCUT2D eigenvalue weighted by Crippen LogP contribution is 2.31. The van der Waals surface area contributed by atoms with Gasteiger partial charge in [-0.1, -0.05) is 24.3 Å². The van der Waals surface area contributed by atoms with Crippen molar-refractivity contribution < 1.29 is 9.53 Å². The van der Waals surface area contributed by atoms with E-state index in [1.54, 1.807) is 0 Å². The molecule has 16 heavy (non-hydrogen) atoms. The maximum atomic E-state index is 11.9. The van der Waals surface area contributed by atoms with Gasteiger partial charge >= 0.3 is 5.97 Å². The Bertz CT molecular complexity index is 389. The molecule has 0 spiro atoms. The predicted molar refractivity (Wildman–Crippen MR) is 62.1 cm³/mol. The maximum Gasteiger partial charge on any atom is 0.315 e. The van der Waals surface area contributed by atoms with Gasteiger partial charge < -0.3 is 10.5 Å². The first kappa shape index (κ1) is 11.1. The SMILES string of the molecule is CCOC(=O)C1c2ccccc2CCC1N. The summed E-state index contributed by atoms with van der Waals surface area (Å²) in [5.41, 5.74) is 8.29. The summed E-state index contributed by atoms with van der Waals surface area (Å²) in [5, 5.41) is 0. The Morgan fingerprint density at radius 2 is 2.25 bits per heavy atom. The monoisotopic (exact) mass is 219 g/mol. The Kier molecular flexibility index (Phi) is 3.25. The molecule has 0 aliphatic heterocycles. The van der Waals surface area contributed by atoms with Crippen LogP contribution in [0.25, 0.3) is 0 Å². The number of benzene rings is 1. The van der Waals surface area contributed by atoms with Crippen LogP contribution in [0.4, 0.5) is 0 Å². The van der Waals surface area contributed by atoms with Gasteiger partial charge in [0.15, 0.2) is 0 Å². The van der Waals surface area contributed by atoms with E-state index < -0.39 is 0 Å². The Morgan fingerprint density at radius 3 is 3.00 bits per heavy atom. The molecule has 2 unspecified atom stereocenters. The lowest BCUT2D eigenvalue weighted by molar-refractivity contribution is -0.145. The van der Waals surface area contributed by atoms with Crippen LogP contribution in [0, 0.1) is 0 Å². The van der Waals surface area contributed by atoms with E-state index in [-0.39, 0.29) is 17.9 Å². The number of hydrogen-bond donors (Lipinski definition) is 1. The first-order valence-electron chi connectivity index (χ1n) is 5.74. The van der Waals surface area contributed by atoms with E-state index in [0.29, 0.717) is 6.61 Å². The van der Waals surface area contributed by atoms with Gasteiger partial charge in [0.1, 0.15) is 0 Å². The van der Waals surface area contributed by atoms with Gasteiger partial charge in [0.2, 0.25) is 0 Å². The third-order valence-corrected chi connectivity index (χ3v) is 3.11. The molecule has 0 radical (unpaired) electrons. The van der Waals surface area contributed by atoms with Crippen LogP contribution in [-0.4, -0.2) is 18.6 Å². The van der Waals surface area contributed by atoms with Crippen LogP contribution in [-0.2, 0) is 16.0 Å². The third-order valence-electron chi connectivity index (χ3n) is 3.11. The molecule has 1 aliphatic rings. The Morgan fingerprint density at radius 1 is 1.50 bits per heavy atom. The number of rotatable bonds is 2. The summed E-state index contributed by atoms with van der Waals surface area (Å²) in [6.07, 6.45) is 1.80. The fourth-order valence-electron chi connectivity index (χ4n) is 2.32. The number of nitrogens with two attached hydrogens (primary N) is 1. The molecule has 0 aromatic heterocycles. The van der Waals surface area contributed by atoms with Crippen molar-refractivity contribution in [2.45, 2.75) is 31.7 Å². The van der Waals surface area contributed by atoms with Gasteiger partial charge in [0.05, 0.1) is 12.5 Å². The summed E-state index contributed by atoms with van der Waals surface area (Å²) in [6.45, 7) is 2.22. The van der Waals surface area contributed by atoms with Crippen LogP contribution in [0.5, 0.6) is 0 Å². The number of aryl methyl sites for hydroxylation is 1. The average Bonchev–Trinajstić information content (AvgIpc) is 2.29. The highest BCUT2D eigenvalue weighted by Gasteiger charge is 2.33. The van der Waals surface area contributed by atoms with Gasteiger partial charge in [-0.25, -0.2) is 0 Å². The summed E-state index contributed by atoms with van der Waals surface area (Å²) < 4.78 is 5.09. The van der Waals surface area contributed by atoms with Crippen molar-refractivity contribution in [3.8, 4) is 0 Å². The number of hydrogen-bond acceptors (Lipinski definition) is 3. The van der Waals surface area contributed by atoms with Crippen LogP contribution < -0.4 is 5.73 Å². The lowest BCUT2D eigenvalue weighted by atomic mass is 9.79. The molecule has 3 heteroatoms. The molecule has 2 N–H and O–H groups in total. The maximum absolute atomic E-state index is 11.9. The molecule has 0 fully saturated rings. The lowest BCUT2D eigenvalue weighted by Gasteiger charge is -2.29. The molecular formula is C13H17NO2. The second-order valence-electron chi connectivity index (χ2n) is 4.13. The minimum Gasteiger partial charge on any atom is -0.465 e. The molecule has 0 heterocycles. The minimum atomic E-state index is -0.287. The molecular weight excluding hydrogens is 202 g/mol. The summed E-state index contributed by atoms with van der Waals surface area (Å²) >= 11 is 0. The highest BCUT2D eigenvalue weighted by molar-refractivity contribution is 5.80. The van der Waals surface area contributed by atoms with E-state index in [0.717, 1.165) is 18.4 Å². The number of esters is 1. The fourth-order valence-corrected chi connectivity index (χ4v) is 2.32. The molecule has 86 valence electrons. The van der Waals surface area contributed by atoms with Crippen LogP contribution >= 0.6 is 0 Å². The third kappa shape index (κ3) is 1.95. The quantitative estimate of drug-likeness (QED) is 0.769. The zero-order chi connectivity index (χ0) is 11.5. The first-order chi connectivity index (χ1) is 7.74. The molecule has 2 atom stereocenters. The Balaban J connectivity index is 2.33. The van der Waals surface area contributed by atoms with Crippen molar-refractivity contribution in [3.63, 3.8) is 0 Å². The van der Waals surface area contributed by atoms with Crippen LogP contribution in [0.3, 0.4) is 0 Å². The molecule has 0 saturated heterocycles. The summed E-state index contributed by atoms with van der Waals surface area (Å²) in [6, 6.07) is 7.87. The molecule has 0 amide bonds. The van der Waals surface area contributed by atoms with E-state index in [9.17, 15) is 4.79 Å². The van der Waals surface area contributed by atoms with E-state index >= 15 is 0 Å². The second kappa shape index (κ2) is 4.66. The lowest BCUT2D eigenvalue weighted by Crippen LogP contribution is -2.38. The van der Waals surface area contributed by atoms with E-state index in [1.165, 1.54) is 5.56 Å². The van der Waals surface area contributed by atoms with Gasteiger partial charge in [0, 0.05) is 6.04 Å². The summed E-state index contributed by atoms with van der Waals surface area (Å²) in [4.78, 5) is 11.9. The van der Waals surface area contributed by atoms with Gasteiger partial charge in [0.25, 0.3) is 0 Å². The van der Waals surface area contributed by atoms with Crippen molar-refractivity contribution in [1.82, 2.24) is 0 Å². The van der Waals surface area contributed by atoms with Crippen molar-refractivity contribution in [3.05, 3.63) is 35.4 Å². The summed E-state index contributed by atoms with van der Waals surface area (Å²) in [5.74, 6) is -0.480. The standard InChI is InChI=1S/C13H17NO2/c1-2-16-13(15)12-10-6-4-3-5-9(10)7-8-11(12)14/h3-6,11-12H,2,7-8,14H2,1H3. The normalized spacial score (nSPS) is 23.6. The number of carbonyl (C=O) groups is 1. The predicted octanol–water partition coefficient (Wildman–Crippen LogP) is 1.61. The highest BCUT2D eigenvalue weighted by atomic mass is 16.5. The van der Waals surface area contributed by atoms with Gasteiger partial charge in [-0.15, -0.1) is 0 Å². The molecule has 2 rings (SSSR count). The van der Waals surface area contributed by atoms with Gasteiger partial charge in [-0.05, 0) is 30.9 Å². The van der Waals surface area contributed by atoms with E-state index in [4.69, 9.17) is 10.5 Å². The second-order valence-corrected chi connectivity index (χ2v) is 4.13. The van der Waals surface area contributed by atoms with Crippen molar-refractivity contribution in [2.24, 2.45) is 5.73 Å². The Hall–Kier alpha value is -1.35. The summed E-state index contributed by atoms with van der Waals surface area (Å²) in [7, 11) is 0. The minimum absolute atomic E-state index is 0.117. The van der Waals surface area contributed by atoms with E-state index in [1.807, 2.05) is 25.1 Å². The number of fused-ring (bicyclic) bond motifs is 1. The number of ether oxygens (including phenoxy) is 1. The zero-order valence-corrected chi connectivity index (χ0v) is 9.48. The molecule has 3 nitrogen and oxygen atoms in total. The molecule has 1 aromatic rings. The Labute approximate surface area is 95.6 Å². The van der Waals surface area contributed by atoms with Gasteiger partial charge in [-0.3, -0.25) is 4.79 Å². The topological polar surface area (TPSA) is 52.3 Å². The van der Waals surface area contributed by atoms with Crippen LogP contribution in [0.1, 0.15) is 30.4 Å². The van der Waals surface area contributed by atoms with Gasteiger partial charge in [-0.2, -0.15) is 0 Å². The molecule has 0 bridgehead atoms. The average molecular weight is 219 g/mol. The molecule has 1 aliphatic carbocycles. The van der Waals surface area contributed by atoms with Crippen molar-refractivity contribution in [1.29, 1.82) is 0 Å². The van der Waals surface area contributed by atoms with Crippen LogP contribution in [0.2, 0.25) is 0 Å². The molecule has 1 aromatic carbocycles. The van der Waals surface area contributed by atoms with E-state index in [2.05, 4.69) is 6.07 Å². The number of carbonyl (C=O) groups excluding carboxylic acids is 1. The van der Waals surface area contributed by atoms with Crippen molar-refractivity contribution in [2.75, 3.05) is 6.61 Å². The van der Waals surface area contributed by atoms with Crippen molar-refractivity contribution >= 4 is 5.97 Å². The fraction of sp³-hybridized carbons (Fsp3) is 0.462. The smallest absolute Gasteiger partial charge is 0.315 e. The molecule has 0 saturated carbocycles.